The number of methoxy groups -OCH3 is 1. The van der Waals surface area contributed by atoms with E-state index in [-0.39, 0.29) is 11.1 Å². The van der Waals surface area contributed by atoms with Gasteiger partial charge in [-0.15, -0.1) is 11.6 Å². The highest BCUT2D eigenvalue weighted by Gasteiger charge is 2.11. The van der Waals surface area contributed by atoms with Gasteiger partial charge in [-0.1, -0.05) is 6.92 Å². The molecule has 0 rings (SSSR count). The molecule has 6 heteroatoms. The van der Waals surface area contributed by atoms with Gasteiger partial charge in [0.05, 0.1) is 5.75 Å². The Kier molecular flexibility index (Phi) is 7.54. The fourth-order valence-electron chi connectivity index (χ4n) is 0.827. The number of nitrogens with one attached hydrogen (secondary N) is 1. The largest absolute Gasteiger partial charge is 0.385 e. The maximum Gasteiger partial charge on any atom is 0.211 e. The average Bonchev–Trinajstić information content (AvgIpc) is 2.14. The van der Waals surface area contributed by atoms with Gasteiger partial charge in [-0.2, -0.15) is 0 Å². The van der Waals surface area contributed by atoms with Crippen LogP contribution in [0.5, 0.6) is 0 Å². The molecule has 0 aromatic rings. The van der Waals surface area contributed by atoms with Crippen molar-refractivity contribution in [1.82, 2.24) is 4.72 Å². The first-order chi connectivity index (χ1) is 6.52. The normalized spacial score (nSPS) is 14.2. The van der Waals surface area contributed by atoms with Crippen molar-refractivity contribution in [1.29, 1.82) is 0 Å². The predicted molar refractivity (Wildman–Crippen MR) is 58.2 cm³/mol. The van der Waals surface area contributed by atoms with Crippen molar-refractivity contribution in [2.75, 3.05) is 26.0 Å². The quantitative estimate of drug-likeness (QED) is 0.510. The highest BCUT2D eigenvalue weighted by molar-refractivity contribution is 7.89. The van der Waals surface area contributed by atoms with Crippen LogP contribution in [0.25, 0.3) is 0 Å². The lowest BCUT2D eigenvalue weighted by Gasteiger charge is -2.08. The maximum atomic E-state index is 11.3. The van der Waals surface area contributed by atoms with E-state index < -0.39 is 10.0 Å². The Balaban J connectivity index is 3.73. The van der Waals surface area contributed by atoms with Crippen molar-refractivity contribution < 1.29 is 13.2 Å². The molecular formula is C8H18ClNO3S. The Morgan fingerprint density at radius 1 is 1.50 bits per heavy atom. The molecule has 0 aliphatic rings. The number of hydrogen-bond acceptors (Lipinski definition) is 3. The van der Waals surface area contributed by atoms with Gasteiger partial charge in [0.2, 0.25) is 10.0 Å². The summed E-state index contributed by atoms with van der Waals surface area (Å²) in [7, 11) is -1.63. The third-order valence-electron chi connectivity index (χ3n) is 1.73. The van der Waals surface area contributed by atoms with E-state index >= 15 is 0 Å². The molecule has 0 heterocycles. The van der Waals surface area contributed by atoms with E-state index in [0.29, 0.717) is 19.6 Å². The summed E-state index contributed by atoms with van der Waals surface area (Å²) in [4.78, 5) is 0. The molecule has 0 aliphatic heterocycles. The molecule has 1 atom stereocenters. The van der Waals surface area contributed by atoms with Crippen molar-refractivity contribution in [2.24, 2.45) is 0 Å². The van der Waals surface area contributed by atoms with E-state index in [9.17, 15) is 8.42 Å². The number of rotatable bonds is 8. The second-order valence-electron chi connectivity index (χ2n) is 3.02. The van der Waals surface area contributed by atoms with Gasteiger partial charge < -0.3 is 4.74 Å². The highest BCUT2D eigenvalue weighted by Crippen LogP contribution is 2.00. The highest BCUT2D eigenvalue weighted by atomic mass is 35.5. The number of alkyl halides is 1. The van der Waals surface area contributed by atoms with Crippen LogP contribution in [0.15, 0.2) is 0 Å². The van der Waals surface area contributed by atoms with Crippen LogP contribution in [-0.2, 0) is 14.8 Å². The van der Waals surface area contributed by atoms with Crippen LogP contribution in [0.2, 0.25) is 0 Å². The Morgan fingerprint density at radius 3 is 2.64 bits per heavy atom. The lowest BCUT2D eigenvalue weighted by Crippen LogP contribution is -2.31. The number of sulfonamides is 1. The molecule has 0 fully saturated rings. The summed E-state index contributed by atoms with van der Waals surface area (Å²) in [5.41, 5.74) is 0. The SMILES string of the molecule is CCC(Cl)CNS(=O)(=O)CCCOC. The van der Waals surface area contributed by atoms with Crippen LogP contribution in [-0.4, -0.2) is 39.8 Å². The first-order valence-corrected chi connectivity index (χ1v) is 6.71. The molecule has 0 radical (unpaired) electrons. The molecule has 0 saturated heterocycles. The first kappa shape index (κ1) is 14.2. The van der Waals surface area contributed by atoms with Gasteiger partial charge >= 0.3 is 0 Å². The minimum atomic E-state index is -3.17. The number of hydrogen-bond donors (Lipinski definition) is 1. The lowest BCUT2D eigenvalue weighted by atomic mass is 10.3. The van der Waals surface area contributed by atoms with Crippen LogP contribution in [0.3, 0.4) is 0 Å². The van der Waals surface area contributed by atoms with E-state index in [0.717, 1.165) is 6.42 Å². The Hall–Kier alpha value is 0.160. The number of ether oxygens (including phenoxy) is 1. The maximum absolute atomic E-state index is 11.3. The monoisotopic (exact) mass is 243 g/mol. The molecule has 0 bridgehead atoms. The summed E-state index contributed by atoms with van der Waals surface area (Å²) in [5.74, 6) is 0.0914. The van der Waals surface area contributed by atoms with Gasteiger partial charge in [-0.3, -0.25) is 0 Å². The molecule has 0 saturated carbocycles. The van der Waals surface area contributed by atoms with Crippen molar-refractivity contribution in [3.05, 3.63) is 0 Å². The topological polar surface area (TPSA) is 55.4 Å². The summed E-state index contributed by atoms with van der Waals surface area (Å²) >= 11 is 5.78. The zero-order chi connectivity index (χ0) is 11.0. The lowest BCUT2D eigenvalue weighted by molar-refractivity contribution is 0.199. The van der Waals surface area contributed by atoms with Crippen LogP contribution in [0.1, 0.15) is 19.8 Å². The summed E-state index contributed by atoms with van der Waals surface area (Å²) < 4.78 is 29.8. The third kappa shape index (κ3) is 7.55. The molecule has 0 aromatic heterocycles. The van der Waals surface area contributed by atoms with Crippen LogP contribution in [0.4, 0.5) is 0 Å². The average molecular weight is 244 g/mol. The smallest absolute Gasteiger partial charge is 0.211 e. The van der Waals surface area contributed by atoms with Gasteiger partial charge in [0.25, 0.3) is 0 Å². The van der Waals surface area contributed by atoms with Crippen molar-refractivity contribution >= 4 is 21.6 Å². The molecule has 1 unspecified atom stereocenters. The van der Waals surface area contributed by atoms with Crippen LogP contribution < -0.4 is 4.72 Å². The molecule has 0 amide bonds. The summed E-state index contributed by atoms with van der Waals surface area (Å²) in [6.07, 6.45) is 1.26. The van der Waals surface area contributed by atoms with E-state index in [1.807, 2.05) is 6.92 Å². The molecule has 14 heavy (non-hydrogen) atoms. The van der Waals surface area contributed by atoms with Gasteiger partial charge in [0.15, 0.2) is 0 Å². The predicted octanol–water partition coefficient (Wildman–Crippen LogP) is 0.960. The zero-order valence-electron chi connectivity index (χ0n) is 8.62. The summed E-state index contributed by atoms with van der Waals surface area (Å²) in [6, 6.07) is 0. The van der Waals surface area contributed by atoms with E-state index in [1.54, 1.807) is 7.11 Å². The van der Waals surface area contributed by atoms with E-state index in [4.69, 9.17) is 16.3 Å². The van der Waals surface area contributed by atoms with Gasteiger partial charge in [-0.25, -0.2) is 13.1 Å². The Labute approximate surface area is 91.0 Å². The van der Waals surface area contributed by atoms with Crippen molar-refractivity contribution in [3.8, 4) is 0 Å². The zero-order valence-corrected chi connectivity index (χ0v) is 10.2. The van der Waals surface area contributed by atoms with Crippen molar-refractivity contribution in [3.63, 3.8) is 0 Å². The molecule has 0 aliphatic carbocycles. The number of halogens is 1. The van der Waals surface area contributed by atoms with Crippen molar-refractivity contribution in [2.45, 2.75) is 25.1 Å². The van der Waals surface area contributed by atoms with Crippen LogP contribution in [0, 0.1) is 0 Å². The fourth-order valence-corrected chi connectivity index (χ4v) is 2.09. The minimum absolute atomic E-state index is 0.0914. The molecule has 86 valence electrons. The fraction of sp³-hybridized carbons (Fsp3) is 1.00. The van der Waals surface area contributed by atoms with Gasteiger partial charge in [-0.05, 0) is 12.8 Å². The molecule has 0 spiro atoms. The van der Waals surface area contributed by atoms with E-state index in [1.165, 1.54) is 0 Å². The molecular weight excluding hydrogens is 226 g/mol. The summed E-state index contributed by atoms with van der Waals surface area (Å²) in [6.45, 7) is 2.67. The Bertz CT molecular complexity index is 231. The molecule has 0 aromatic carbocycles. The molecule has 4 nitrogen and oxygen atoms in total. The standard InChI is InChI=1S/C8H18ClNO3S/c1-3-8(9)7-10-14(11,12)6-4-5-13-2/h8,10H,3-7H2,1-2H3. The second-order valence-corrected chi connectivity index (χ2v) is 5.56. The molecule has 1 N–H and O–H groups in total. The second kappa shape index (κ2) is 7.45. The van der Waals surface area contributed by atoms with Gasteiger partial charge in [0, 0.05) is 25.6 Å². The Morgan fingerprint density at radius 2 is 2.14 bits per heavy atom. The minimum Gasteiger partial charge on any atom is -0.385 e. The van der Waals surface area contributed by atoms with Crippen LogP contribution >= 0.6 is 11.6 Å². The third-order valence-corrected chi connectivity index (χ3v) is 3.62. The summed E-state index contributed by atoms with van der Waals surface area (Å²) in [5, 5.41) is -0.132. The van der Waals surface area contributed by atoms with E-state index in [2.05, 4.69) is 4.72 Å². The van der Waals surface area contributed by atoms with Gasteiger partial charge in [0.1, 0.15) is 0 Å². The first-order valence-electron chi connectivity index (χ1n) is 4.62.